The quantitative estimate of drug-likeness (QED) is 0.676. The third-order valence-corrected chi connectivity index (χ3v) is 3.08. The molecule has 0 amide bonds. The Labute approximate surface area is 81.9 Å². The smallest absolute Gasteiger partial charge is 0.0693 e. The summed E-state index contributed by atoms with van der Waals surface area (Å²) in [6.45, 7) is 7.63. The summed E-state index contributed by atoms with van der Waals surface area (Å²) in [5, 5.41) is 9.66. The molecule has 0 bridgehead atoms. The van der Waals surface area contributed by atoms with E-state index in [-0.39, 0.29) is 6.10 Å². The first-order valence-corrected chi connectivity index (χ1v) is 5.64. The molecular formula is C11H23NO. The number of hydrogen-bond donors (Lipinski definition) is 1. The number of nitrogens with zero attached hydrogens (tertiary/aromatic N) is 1. The Balaban J connectivity index is 2.14. The fraction of sp³-hybridized carbons (Fsp3) is 1.00. The van der Waals surface area contributed by atoms with Crippen molar-refractivity contribution in [1.29, 1.82) is 0 Å². The highest BCUT2D eigenvalue weighted by Crippen LogP contribution is 2.17. The summed E-state index contributed by atoms with van der Waals surface area (Å²) in [6, 6.07) is 0. The molecule has 0 aromatic rings. The molecule has 2 nitrogen and oxygen atoms in total. The Morgan fingerprint density at radius 2 is 2.15 bits per heavy atom. The molecule has 2 unspecified atom stereocenters. The Morgan fingerprint density at radius 3 is 2.77 bits per heavy atom. The van der Waals surface area contributed by atoms with Crippen LogP contribution in [-0.4, -0.2) is 35.7 Å². The number of likely N-dealkylation sites (tertiary alicyclic amines) is 1. The molecule has 2 atom stereocenters. The van der Waals surface area contributed by atoms with Crippen molar-refractivity contribution < 1.29 is 5.11 Å². The van der Waals surface area contributed by atoms with Gasteiger partial charge in [-0.25, -0.2) is 0 Å². The summed E-state index contributed by atoms with van der Waals surface area (Å²) in [6.07, 6.45) is 4.97. The Kier molecular flexibility index (Phi) is 4.74. The van der Waals surface area contributed by atoms with E-state index < -0.39 is 0 Å². The fourth-order valence-electron chi connectivity index (χ4n) is 1.90. The van der Waals surface area contributed by atoms with Crippen molar-refractivity contribution in [3.63, 3.8) is 0 Å². The average Bonchev–Trinajstić information content (AvgIpc) is 2.12. The number of hydrogen-bond acceptors (Lipinski definition) is 2. The summed E-state index contributed by atoms with van der Waals surface area (Å²) in [7, 11) is 0. The van der Waals surface area contributed by atoms with Crippen molar-refractivity contribution >= 4 is 0 Å². The van der Waals surface area contributed by atoms with Crippen molar-refractivity contribution in [2.75, 3.05) is 19.6 Å². The van der Waals surface area contributed by atoms with Gasteiger partial charge in [-0.3, -0.25) is 0 Å². The predicted molar refractivity (Wildman–Crippen MR) is 55.8 cm³/mol. The molecule has 0 radical (unpaired) electrons. The van der Waals surface area contributed by atoms with E-state index in [0.717, 1.165) is 13.0 Å². The topological polar surface area (TPSA) is 23.5 Å². The van der Waals surface area contributed by atoms with Gasteiger partial charge in [-0.2, -0.15) is 0 Å². The second-order valence-electron chi connectivity index (χ2n) is 4.34. The Bertz CT molecular complexity index is 138. The molecule has 13 heavy (non-hydrogen) atoms. The lowest BCUT2D eigenvalue weighted by atomic mass is 9.96. The first-order valence-electron chi connectivity index (χ1n) is 5.64. The van der Waals surface area contributed by atoms with Gasteiger partial charge in [-0.15, -0.1) is 0 Å². The average molecular weight is 185 g/mol. The molecule has 0 spiro atoms. The second-order valence-corrected chi connectivity index (χ2v) is 4.34. The fourth-order valence-corrected chi connectivity index (χ4v) is 1.90. The first kappa shape index (κ1) is 11.0. The van der Waals surface area contributed by atoms with Gasteiger partial charge >= 0.3 is 0 Å². The minimum absolute atomic E-state index is 0.0876. The zero-order chi connectivity index (χ0) is 9.68. The van der Waals surface area contributed by atoms with Crippen molar-refractivity contribution in [1.82, 2.24) is 4.90 Å². The van der Waals surface area contributed by atoms with Crippen LogP contribution in [0.2, 0.25) is 0 Å². The van der Waals surface area contributed by atoms with Gasteiger partial charge in [0.2, 0.25) is 0 Å². The maximum absolute atomic E-state index is 9.66. The summed E-state index contributed by atoms with van der Waals surface area (Å²) < 4.78 is 0. The lowest BCUT2D eigenvalue weighted by Gasteiger charge is -2.34. The summed E-state index contributed by atoms with van der Waals surface area (Å²) >= 11 is 0. The standard InChI is InChI=1S/C11H23NO/c1-3-4-5-7-12-8-6-10(2)11(13)9-12/h10-11,13H,3-9H2,1-2H3. The van der Waals surface area contributed by atoms with Gasteiger partial charge in [0.15, 0.2) is 0 Å². The van der Waals surface area contributed by atoms with E-state index in [1.807, 2.05) is 0 Å². The Morgan fingerprint density at radius 1 is 1.38 bits per heavy atom. The van der Waals surface area contributed by atoms with Crippen molar-refractivity contribution in [3.8, 4) is 0 Å². The van der Waals surface area contributed by atoms with E-state index in [1.54, 1.807) is 0 Å². The molecule has 1 rings (SSSR count). The largest absolute Gasteiger partial charge is 0.392 e. The van der Waals surface area contributed by atoms with Crippen LogP contribution in [0.4, 0.5) is 0 Å². The molecule has 1 aliphatic rings. The molecular weight excluding hydrogens is 162 g/mol. The zero-order valence-corrected chi connectivity index (χ0v) is 9.00. The third-order valence-electron chi connectivity index (χ3n) is 3.08. The molecule has 0 saturated carbocycles. The number of aliphatic hydroxyl groups is 1. The van der Waals surface area contributed by atoms with Gasteiger partial charge in [0.05, 0.1) is 6.10 Å². The Hall–Kier alpha value is -0.0800. The van der Waals surface area contributed by atoms with Gasteiger partial charge in [-0.05, 0) is 31.8 Å². The van der Waals surface area contributed by atoms with Gasteiger partial charge in [-0.1, -0.05) is 26.7 Å². The highest BCUT2D eigenvalue weighted by molar-refractivity contribution is 4.76. The summed E-state index contributed by atoms with van der Waals surface area (Å²) in [5.41, 5.74) is 0. The van der Waals surface area contributed by atoms with E-state index in [9.17, 15) is 5.11 Å². The van der Waals surface area contributed by atoms with Crippen LogP contribution in [0.15, 0.2) is 0 Å². The van der Waals surface area contributed by atoms with Crippen LogP contribution in [0.5, 0.6) is 0 Å². The van der Waals surface area contributed by atoms with Crippen molar-refractivity contribution in [2.45, 2.75) is 45.6 Å². The van der Waals surface area contributed by atoms with Gasteiger partial charge < -0.3 is 10.0 Å². The number of rotatable bonds is 4. The zero-order valence-electron chi connectivity index (χ0n) is 9.00. The second kappa shape index (κ2) is 5.61. The van der Waals surface area contributed by atoms with E-state index in [2.05, 4.69) is 18.7 Å². The first-order chi connectivity index (χ1) is 6.24. The van der Waals surface area contributed by atoms with Gasteiger partial charge in [0, 0.05) is 6.54 Å². The molecule has 1 saturated heterocycles. The molecule has 1 N–H and O–H groups in total. The van der Waals surface area contributed by atoms with Crippen LogP contribution < -0.4 is 0 Å². The molecule has 0 aromatic carbocycles. The lowest BCUT2D eigenvalue weighted by Crippen LogP contribution is -2.43. The monoisotopic (exact) mass is 185 g/mol. The van der Waals surface area contributed by atoms with Crippen LogP contribution in [0.3, 0.4) is 0 Å². The van der Waals surface area contributed by atoms with Crippen molar-refractivity contribution in [2.24, 2.45) is 5.92 Å². The molecule has 1 heterocycles. The van der Waals surface area contributed by atoms with Crippen LogP contribution in [0.1, 0.15) is 39.5 Å². The minimum Gasteiger partial charge on any atom is -0.392 e. The van der Waals surface area contributed by atoms with E-state index >= 15 is 0 Å². The van der Waals surface area contributed by atoms with E-state index in [1.165, 1.54) is 32.4 Å². The van der Waals surface area contributed by atoms with Gasteiger partial charge in [0.1, 0.15) is 0 Å². The van der Waals surface area contributed by atoms with Crippen LogP contribution in [-0.2, 0) is 0 Å². The van der Waals surface area contributed by atoms with Crippen molar-refractivity contribution in [3.05, 3.63) is 0 Å². The molecule has 2 heteroatoms. The molecule has 0 aromatic heterocycles. The SMILES string of the molecule is CCCCCN1CCC(C)C(O)C1. The molecule has 78 valence electrons. The maximum atomic E-state index is 9.66. The maximum Gasteiger partial charge on any atom is 0.0693 e. The number of unbranched alkanes of at least 4 members (excludes halogenated alkanes) is 2. The molecule has 1 aliphatic heterocycles. The lowest BCUT2D eigenvalue weighted by molar-refractivity contribution is 0.0287. The molecule has 0 aliphatic carbocycles. The number of β-amino-alcohol motifs (C(OH)–C–C–N with tert-alkyl or cyclic N) is 1. The molecule has 1 fully saturated rings. The normalized spacial score (nSPS) is 30.7. The third kappa shape index (κ3) is 3.65. The van der Waals surface area contributed by atoms with Gasteiger partial charge in [0.25, 0.3) is 0 Å². The van der Waals surface area contributed by atoms with Crippen LogP contribution >= 0.6 is 0 Å². The minimum atomic E-state index is -0.0876. The van der Waals surface area contributed by atoms with Crippen LogP contribution in [0.25, 0.3) is 0 Å². The summed E-state index contributed by atoms with van der Waals surface area (Å²) in [4.78, 5) is 2.40. The highest BCUT2D eigenvalue weighted by Gasteiger charge is 2.23. The number of aliphatic hydroxyl groups excluding tert-OH is 1. The van der Waals surface area contributed by atoms with E-state index in [4.69, 9.17) is 0 Å². The number of piperidine rings is 1. The highest BCUT2D eigenvalue weighted by atomic mass is 16.3. The predicted octanol–water partition coefficient (Wildman–Crippen LogP) is 1.88. The van der Waals surface area contributed by atoms with E-state index in [0.29, 0.717) is 5.92 Å². The summed E-state index contributed by atoms with van der Waals surface area (Å²) in [5.74, 6) is 0.502. The van der Waals surface area contributed by atoms with Crippen LogP contribution in [0, 0.1) is 5.92 Å².